The van der Waals surface area contributed by atoms with E-state index in [9.17, 15) is 9.59 Å². The highest BCUT2D eigenvalue weighted by Gasteiger charge is 2.30. The largest absolute Gasteiger partial charge is 0.274 e. The van der Waals surface area contributed by atoms with Crippen LogP contribution in [0.25, 0.3) is 0 Å². The van der Waals surface area contributed by atoms with E-state index in [0.717, 1.165) is 0 Å². The monoisotopic (exact) mass is 191 g/mol. The Balaban J connectivity index is 2.98. The minimum absolute atomic E-state index is 0.138. The van der Waals surface area contributed by atoms with Crippen LogP contribution in [0, 0.1) is 0 Å². The summed E-state index contributed by atoms with van der Waals surface area (Å²) in [7, 11) is 0. The van der Waals surface area contributed by atoms with E-state index in [-0.39, 0.29) is 11.8 Å². The van der Waals surface area contributed by atoms with E-state index >= 15 is 0 Å². The summed E-state index contributed by atoms with van der Waals surface area (Å²) >= 11 is 0. The molecule has 1 aliphatic heterocycles. The highest BCUT2D eigenvalue weighted by Crippen LogP contribution is 2.18. The molecule has 0 bridgehead atoms. The fraction of sp³-hybridized carbons (Fsp3) is 0.273. The summed E-state index contributed by atoms with van der Waals surface area (Å²) in [6.45, 7) is 5.38. The average molecular weight is 191 g/mol. The maximum Gasteiger partial charge on any atom is 0.234 e. The molecule has 0 aromatic carbocycles. The summed E-state index contributed by atoms with van der Waals surface area (Å²) in [4.78, 5) is 24.0. The second-order valence-electron chi connectivity index (χ2n) is 2.95. The first-order chi connectivity index (χ1) is 6.70. The van der Waals surface area contributed by atoms with Gasteiger partial charge in [0.1, 0.15) is 0 Å². The number of hydrogen-bond donors (Lipinski definition) is 0. The predicted molar refractivity (Wildman–Crippen MR) is 54.2 cm³/mol. The molecule has 14 heavy (non-hydrogen) atoms. The Bertz CT molecular complexity index is 310. The summed E-state index contributed by atoms with van der Waals surface area (Å²) in [6.07, 6.45) is 7.35. The Morgan fingerprint density at radius 1 is 1.36 bits per heavy atom. The van der Waals surface area contributed by atoms with Gasteiger partial charge in [-0.05, 0) is 19.1 Å². The van der Waals surface area contributed by atoms with Gasteiger partial charge < -0.3 is 0 Å². The Morgan fingerprint density at radius 3 is 2.36 bits per heavy atom. The summed E-state index contributed by atoms with van der Waals surface area (Å²) in [5, 5.41) is 0. The molecule has 0 aromatic heterocycles. The van der Waals surface area contributed by atoms with Crippen molar-refractivity contribution in [3.63, 3.8) is 0 Å². The van der Waals surface area contributed by atoms with Crippen LogP contribution in [0.2, 0.25) is 0 Å². The van der Waals surface area contributed by atoms with E-state index in [2.05, 4.69) is 6.58 Å². The summed E-state index contributed by atoms with van der Waals surface area (Å²) in [5.41, 5.74) is 0.593. The van der Waals surface area contributed by atoms with Gasteiger partial charge in [-0.1, -0.05) is 18.7 Å². The van der Waals surface area contributed by atoms with Gasteiger partial charge >= 0.3 is 0 Å². The second-order valence-corrected chi connectivity index (χ2v) is 2.95. The van der Waals surface area contributed by atoms with Crippen LogP contribution in [-0.2, 0) is 9.59 Å². The van der Waals surface area contributed by atoms with Gasteiger partial charge in [-0.3, -0.25) is 14.5 Å². The number of carbonyl (C=O) groups excluding carboxylic acids is 2. The van der Waals surface area contributed by atoms with E-state index in [1.807, 2.05) is 6.92 Å². The molecule has 0 radical (unpaired) electrons. The molecule has 74 valence electrons. The lowest BCUT2D eigenvalue weighted by Gasteiger charge is -2.14. The molecule has 0 N–H and O–H groups in total. The number of allylic oxidation sites excluding steroid dienone is 4. The zero-order valence-electron chi connectivity index (χ0n) is 8.19. The molecular formula is C11H13NO2. The van der Waals surface area contributed by atoms with Crippen LogP contribution in [0.15, 0.2) is 36.6 Å². The van der Waals surface area contributed by atoms with Gasteiger partial charge in [0.2, 0.25) is 11.8 Å². The topological polar surface area (TPSA) is 37.4 Å². The van der Waals surface area contributed by atoms with Crippen LogP contribution in [0.3, 0.4) is 0 Å². The predicted octanol–water partition coefficient (Wildman–Crippen LogP) is 1.78. The van der Waals surface area contributed by atoms with Gasteiger partial charge in [0.15, 0.2) is 0 Å². The lowest BCUT2D eigenvalue weighted by molar-refractivity contribution is -0.135. The van der Waals surface area contributed by atoms with Gasteiger partial charge in [-0.2, -0.15) is 0 Å². The Labute approximate surface area is 83.4 Å². The highest BCUT2D eigenvalue weighted by atomic mass is 16.2. The maximum atomic E-state index is 11.4. The van der Waals surface area contributed by atoms with Crippen LogP contribution in [0.4, 0.5) is 0 Å². The minimum Gasteiger partial charge on any atom is -0.274 e. The minimum atomic E-state index is -0.138. The fourth-order valence-corrected chi connectivity index (χ4v) is 1.36. The number of carbonyl (C=O) groups is 2. The molecule has 0 aromatic rings. The molecular weight excluding hydrogens is 178 g/mol. The molecule has 0 atom stereocenters. The first kappa shape index (κ1) is 10.4. The standard InChI is InChI=1S/C11H13NO2/c1-3-5-9(6-4-2)12-10(13)7-8-11(12)14/h3-6H,1,7-8H2,2H3/b6-4-,9-5+. The third kappa shape index (κ3) is 1.99. The molecule has 3 nitrogen and oxygen atoms in total. The Hall–Kier alpha value is -1.64. The molecule has 3 heteroatoms. The lowest BCUT2D eigenvalue weighted by Crippen LogP contribution is -2.27. The molecule has 1 rings (SSSR count). The summed E-state index contributed by atoms with van der Waals surface area (Å²) in [6, 6.07) is 0. The molecule has 2 amide bonds. The Kier molecular flexibility index (Phi) is 3.40. The fourth-order valence-electron chi connectivity index (χ4n) is 1.36. The zero-order valence-corrected chi connectivity index (χ0v) is 8.19. The second kappa shape index (κ2) is 4.56. The van der Waals surface area contributed by atoms with Crippen molar-refractivity contribution < 1.29 is 9.59 Å². The quantitative estimate of drug-likeness (QED) is 0.503. The zero-order chi connectivity index (χ0) is 10.6. The van der Waals surface area contributed by atoms with E-state index in [0.29, 0.717) is 18.5 Å². The van der Waals surface area contributed by atoms with Gasteiger partial charge in [0, 0.05) is 12.8 Å². The van der Waals surface area contributed by atoms with Gasteiger partial charge in [-0.15, -0.1) is 0 Å². The SMILES string of the molecule is C=C/C=C(\C=C/C)N1C(=O)CCC1=O. The van der Waals surface area contributed by atoms with Crippen molar-refractivity contribution in [3.05, 3.63) is 36.6 Å². The van der Waals surface area contributed by atoms with Gasteiger partial charge in [-0.25, -0.2) is 0 Å². The molecule has 1 fully saturated rings. The van der Waals surface area contributed by atoms with Crippen molar-refractivity contribution in [1.82, 2.24) is 4.90 Å². The summed E-state index contributed by atoms with van der Waals surface area (Å²) in [5.74, 6) is -0.276. The number of likely N-dealkylation sites (tertiary alicyclic amines) is 1. The van der Waals surface area contributed by atoms with Gasteiger partial charge in [0.25, 0.3) is 0 Å². The van der Waals surface area contributed by atoms with Gasteiger partial charge in [0.05, 0.1) is 5.70 Å². The Morgan fingerprint density at radius 2 is 1.93 bits per heavy atom. The van der Waals surface area contributed by atoms with Crippen LogP contribution in [-0.4, -0.2) is 16.7 Å². The maximum absolute atomic E-state index is 11.4. The molecule has 0 saturated carbocycles. The third-order valence-electron chi connectivity index (χ3n) is 1.94. The van der Waals surface area contributed by atoms with Crippen molar-refractivity contribution in [2.24, 2.45) is 0 Å². The van der Waals surface area contributed by atoms with E-state index in [1.165, 1.54) is 4.90 Å². The van der Waals surface area contributed by atoms with Crippen LogP contribution in [0.1, 0.15) is 19.8 Å². The molecule has 0 unspecified atom stereocenters. The third-order valence-corrected chi connectivity index (χ3v) is 1.94. The van der Waals surface area contributed by atoms with Crippen molar-refractivity contribution >= 4 is 11.8 Å². The highest BCUT2D eigenvalue weighted by molar-refractivity contribution is 6.04. The lowest BCUT2D eigenvalue weighted by atomic mass is 10.3. The average Bonchev–Trinajstić information content (AvgIpc) is 2.46. The van der Waals surface area contributed by atoms with Crippen molar-refractivity contribution in [3.8, 4) is 0 Å². The first-order valence-electron chi connectivity index (χ1n) is 4.52. The number of nitrogens with zero attached hydrogens (tertiary/aromatic N) is 1. The molecule has 1 saturated heterocycles. The van der Waals surface area contributed by atoms with Crippen molar-refractivity contribution in [2.75, 3.05) is 0 Å². The normalized spacial score (nSPS) is 18.4. The smallest absolute Gasteiger partial charge is 0.234 e. The van der Waals surface area contributed by atoms with E-state index in [4.69, 9.17) is 0 Å². The number of rotatable bonds is 3. The van der Waals surface area contributed by atoms with Crippen LogP contribution in [0.5, 0.6) is 0 Å². The van der Waals surface area contributed by atoms with Crippen molar-refractivity contribution in [2.45, 2.75) is 19.8 Å². The molecule has 0 aliphatic carbocycles. The number of imide groups is 1. The van der Waals surface area contributed by atoms with E-state index in [1.54, 1.807) is 24.3 Å². The van der Waals surface area contributed by atoms with Crippen LogP contribution < -0.4 is 0 Å². The summed E-state index contributed by atoms with van der Waals surface area (Å²) < 4.78 is 0. The van der Waals surface area contributed by atoms with E-state index < -0.39 is 0 Å². The number of hydrogen-bond acceptors (Lipinski definition) is 2. The first-order valence-corrected chi connectivity index (χ1v) is 4.52. The molecule has 0 spiro atoms. The molecule has 1 heterocycles. The van der Waals surface area contributed by atoms with Crippen LogP contribution >= 0.6 is 0 Å². The van der Waals surface area contributed by atoms with Crippen molar-refractivity contribution in [1.29, 1.82) is 0 Å². The molecule has 1 aliphatic rings. The number of amides is 2.